The number of aliphatic hydroxyl groups excluding tert-OH is 1. The SMILES string of the molecule is O=C(NCc1cccs1)c1ccc(F)cc1C#CCCO. The third-order valence-electron chi connectivity index (χ3n) is 2.69. The monoisotopic (exact) mass is 303 g/mol. The Morgan fingerprint density at radius 3 is 2.95 bits per heavy atom. The van der Waals surface area contributed by atoms with Crippen LogP contribution in [0.1, 0.15) is 27.2 Å². The van der Waals surface area contributed by atoms with Crippen molar-refractivity contribution in [2.24, 2.45) is 0 Å². The molecule has 0 aliphatic rings. The summed E-state index contributed by atoms with van der Waals surface area (Å²) in [4.78, 5) is 13.2. The van der Waals surface area contributed by atoms with Gasteiger partial charge >= 0.3 is 0 Å². The lowest BCUT2D eigenvalue weighted by Gasteiger charge is -2.06. The predicted octanol–water partition coefficient (Wildman–Crippen LogP) is 2.55. The topological polar surface area (TPSA) is 49.3 Å². The Bertz CT molecular complexity index is 671. The molecule has 108 valence electrons. The fourth-order valence-corrected chi connectivity index (χ4v) is 2.35. The normalized spacial score (nSPS) is 9.81. The van der Waals surface area contributed by atoms with Crippen molar-refractivity contribution in [3.05, 3.63) is 57.5 Å². The third kappa shape index (κ3) is 4.42. The summed E-state index contributed by atoms with van der Waals surface area (Å²) in [7, 11) is 0. The summed E-state index contributed by atoms with van der Waals surface area (Å²) in [6.07, 6.45) is 0.284. The van der Waals surface area contributed by atoms with Gasteiger partial charge in [0.25, 0.3) is 5.91 Å². The van der Waals surface area contributed by atoms with Gasteiger partial charge in [0.1, 0.15) is 5.82 Å². The molecule has 2 aromatic rings. The third-order valence-corrected chi connectivity index (χ3v) is 3.57. The molecule has 0 saturated carbocycles. The Labute approximate surface area is 126 Å². The van der Waals surface area contributed by atoms with E-state index in [2.05, 4.69) is 17.2 Å². The second-order valence-electron chi connectivity index (χ2n) is 4.23. The van der Waals surface area contributed by atoms with Crippen molar-refractivity contribution >= 4 is 17.2 Å². The Morgan fingerprint density at radius 2 is 2.24 bits per heavy atom. The van der Waals surface area contributed by atoms with E-state index >= 15 is 0 Å². The lowest BCUT2D eigenvalue weighted by molar-refractivity contribution is 0.0951. The minimum Gasteiger partial charge on any atom is -0.395 e. The molecule has 0 radical (unpaired) electrons. The molecule has 21 heavy (non-hydrogen) atoms. The number of hydrogen-bond acceptors (Lipinski definition) is 3. The van der Waals surface area contributed by atoms with E-state index in [1.54, 1.807) is 11.3 Å². The summed E-state index contributed by atoms with van der Waals surface area (Å²) in [6.45, 7) is 0.361. The maximum atomic E-state index is 13.3. The molecule has 1 aromatic heterocycles. The molecule has 0 atom stereocenters. The standard InChI is InChI=1S/C16H14FNO2S/c17-13-6-7-15(12(10-13)4-1-2-8-19)16(20)18-11-14-5-3-9-21-14/h3,5-7,9-10,19H,2,8,11H2,(H,18,20). The molecule has 2 N–H and O–H groups in total. The van der Waals surface area contributed by atoms with E-state index in [0.717, 1.165) is 4.88 Å². The van der Waals surface area contributed by atoms with Gasteiger partial charge in [-0.15, -0.1) is 11.3 Å². The molecule has 0 bridgehead atoms. The fourth-order valence-electron chi connectivity index (χ4n) is 1.71. The molecule has 0 spiro atoms. The zero-order valence-corrected chi connectivity index (χ0v) is 12.0. The number of halogens is 1. The molecule has 0 unspecified atom stereocenters. The van der Waals surface area contributed by atoms with E-state index in [9.17, 15) is 9.18 Å². The minimum atomic E-state index is -0.446. The number of carbonyl (C=O) groups is 1. The van der Waals surface area contributed by atoms with Crippen molar-refractivity contribution in [1.29, 1.82) is 0 Å². The predicted molar refractivity (Wildman–Crippen MR) is 80.5 cm³/mol. The lowest BCUT2D eigenvalue weighted by atomic mass is 10.1. The first-order valence-electron chi connectivity index (χ1n) is 6.40. The molecule has 0 fully saturated rings. The van der Waals surface area contributed by atoms with Gasteiger partial charge in [-0.3, -0.25) is 4.79 Å². The molecule has 1 aromatic carbocycles. The Hall–Kier alpha value is -2.16. The number of hydrogen-bond donors (Lipinski definition) is 2. The van der Waals surface area contributed by atoms with Crippen molar-refractivity contribution in [2.75, 3.05) is 6.61 Å². The van der Waals surface area contributed by atoms with Crippen molar-refractivity contribution in [3.8, 4) is 11.8 Å². The highest BCUT2D eigenvalue weighted by molar-refractivity contribution is 7.09. The first kappa shape index (κ1) is 15.2. The highest BCUT2D eigenvalue weighted by atomic mass is 32.1. The van der Waals surface area contributed by atoms with Crippen LogP contribution < -0.4 is 5.32 Å². The number of rotatable bonds is 4. The van der Waals surface area contributed by atoms with Gasteiger partial charge < -0.3 is 10.4 Å². The van der Waals surface area contributed by atoms with E-state index in [-0.39, 0.29) is 18.9 Å². The molecule has 0 aliphatic carbocycles. The number of carbonyl (C=O) groups excluding carboxylic acids is 1. The molecular formula is C16H14FNO2S. The van der Waals surface area contributed by atoms with Crippen LogP contribution in [0, 0.1) is 17.7 Å². The molecule has 1 amide bonds. The van der Waals surface area contributed by atoms with Crippen LogP contribution >= 0.6 is 11.3 Å². The molecule has 0 saturated heterocycles. The van der Waals surface area contributed by atoms with E-state index in [0.29, 0.717) is 17.7 Å². The molecular weight excluding hydrogens is 289 g/mol. The summed E-state index contributed by atoms with van der Waals surface area (Å²) >= 11 is 1.55. The maximum Gasteiger partial charge on any atom is 0.252 e. The fraction of sp³-hybridized carbons (Fsp3) is 0.188. The van der Waals surface area contributed by atoms with Crippen LogP contribution in [0.5, 0.6) is 0 Å². The van der Waals surface area contributed by atoms with Crippen LogP contribution in [0.25, 0.3) is 0 Å². The molecule has 0 aliphatic heterocycles. The highest BCUT2D eigenvalue weighted by Crippen LogP contribution is 2.12. The second-order valence-corrected chi connectivity index (χ2v) is 5.26. The summed E-state index contributed by atoms with van der Waals surface area (Å²) < 4.78 is 13.3. The van der Waals surface area contributed by atoms with E-state index in [1.165, 1.54) is 18.2 Å². The largest absolute Gasteiger partial charge is 0.395 e. The Kier molecular flexibility index (Phi) is 5.50. The van der Waals surface area contributed by atoms with Crippen molar-refractivity contribution in [3.63, 3.8) is 0 Å². The summed E-state index contributed by atoms with van der Waals surface area (Å²) in [6, 6.07) is 7.72. The number of nitrogens with one attached hydrogen (secondary N) is 1. The van der Waals surface area contributed by atoms with Crippen LogP contribution in [0.2, 0.25) is 0 Å². The van der Waals surface area contributed by atoms with E-state index in [1.807, 2.05) is 17.5 Å². The van der Waals surface area contributed by atoms with Gasteiger partial charge in [-0.25, -0.2) is 4.39 Å². The zero-order valence-electron chi connectivity index (χ0n) is 11.2. The van der Waals surface area contributed by atoms with Gasteiger partial charge in [0, 0.05) is 16.9 Å². The average Bonchev–Trinajstić information content (AvgIpc) is 2.98. The molecule has 3 nitrogen and oxygen atoms in total. The molecule has 2 rings (SSSR count). The van der Waals surface area contributed by atoms with Crippen molar-refractivity contribution in [2.45, 2.75) is 13.0 Å². The number of benzene rings is 1. The van der Waals surface area contributed by atoms with Gasteiger partial charge in [0.15, 0.2) is 0 Å². The lowest BCUT2D eigenvalue weighted by Crippen LogP contribution is -2.23. The number of amides is 1. The first-order valence-corrected chi connectivity index (χ1v) is 7.28. The van der Waals surface area contributed by atoms with Gasteiger partial charge in [-0.05, 0) is 29.6 Å². The second kappa shape index (κ2) is 7.58. The van der Waals surface area contributed by atoms with Crippen molar-refractivity contribution in [1.82, 2.24) is 5.32 Å². The quantitative estimate of drug-likeness (QED) is 0.853. The van der Waals surface area contributed by atoms with Crippen LogP contribution in [-0.2, 0) is 6.54 Å². The molecule has 1 heterocycles. The average molecular weight is 303 g/mol. The zero-order chi connectivity index (χ0) is 15.1. The Balaban J connectivity index is 2.14. The van der Waals surface area contributed by atoms with Crippen LogP contribution in [0.4, 0.5) is 4.39 Å². The smallest absolute Gasteiger partial charge is 0.252 e. The van der Waals surface area contributed by atoms with Crippen LogP contribution in [-0.4, -0.2) is 17.6 Å². The number of aliphatic hydroxyl groups is 1. The van der Waals surface area contributed by atoms with Gasteiger partial charge in [0.05, 0.1) is 18.7 Å². The van der Waals surface area contributed by atoms with Gasteiger partial charge in [0.2, 0.25) is 0 Å². The van der Waals surface area contributed by atoms with E-state index < -0.39 is 5.82 Å². The van der Waals surface area contributed by atoms with Gasteiger partial charge in [-0.1, -0.05) is 17.9 Å². The summed E-state index contributed by atoms with van der Waals surface area (Å²) in [5.41, 5.74) is 0.658. The van der Waals surface area contributed by atoms with Crippen molar-refractivity contribution < 1.29 is 14.3 Å². The number of thiophene rings is 1. The van der Waals surface area contributed by atoms with E-state index in [4.69, 9.17) is 5.11 Å². The Morgan fingerprint density at radius 1 is 1.38 bits per heavy atom. The molecule has 5 heteroatoms. The minimum absolute atomic E-state index is 0.0672. The van der Waals surface area contributed by atoms with Gasteiger partial charge in [-0.2, -0.15) is 0 Å². The summed E-state index contributed by atoms with van der Waals surface area (Å²) in [5.74, 6) is 4.68. The highest BCUT2D eigenvalue weighted by Gasteiger charge is 2.11. The summed E-state index contributed by atoms with van der Waals surface area (Å²) in [5, 5.41) is 13.4. The van der Waals surface area contributed by atoms with Crippen LogP contribution in [0.15, 0.2) is 35.7 Å². The first-order chi connectivity index (χ1) is 10.2. The van der Waals surface area contributed by atoms with Crippen LogP contribution in [0.3, 0.4) is 0 Å². The maximum absolute atomic E-state index is 13.3.